The lowest BCUT2D eigenvalue weighted by molar-refractivity contribution is -0.142. The van der Waals surface area contributed by atoms with Crippen LogP contribution in [0.3, 0.4) is 0 Å². The molecule has 0 saturated carbocycles. The van der Waals surface area contributed by atoms with Gasteiger partial charge in [0, 0.05) is 36.2 Å². The van der Waals surface area contributed by atoms with E-state index in [1.54, 1.807) is 0 Å². The highest BCUT2D eigenvalue weighted by Gasteiger charge is 2.37. The van der Waals surface area contributed by atoms with Crippen LogP contribution >= 0.6 is 0 Å². The Labute approximate surface area is 144 Å². The van der Waals surface area contributed by atoms with Crippen molar-refractivity contribution in [3.8, 4) is 0 Å². The number of hydrogen-bond donors (Lipinski definition) is 0. The molecule has 0 aromatic heterocycles. The van der Waals surface area contributed by atoms with Crippen molar-refractivity contribution in [2.24, 2.45) is 11.3 Å². The second-order valence-electron chi connectivity index (χ2n) is 8.21. The highest BCUT2D eigenvalue weighted by atomic mass is 16.2. The zero-order valence-corrected chi connectivity index (χ0v) is 15.2. The maximum absolute atomic E-state index is 13.1. The monoisotopic (exact) mass is 328 g/mol. The topological polar surface area (TPSA) is 40.6 Å². The molecule has 130 valence electrons. The Kier molecular flexibility index (Phi) is 4.41. The molecule has 0 spiro atoms. The fraction of sp³-hybridized carbons (Fsp3) is 0.600. The molecule has 0 radical (unpaired) electrons. The zero-order chi connectivity index (χ0) is 17.5. The van der Waals surface area contributed by atoms with E-state index in [1.165, 1.54) is 5.56 Å². The maximum Gasteiger partial charge on any atom is 0.230 e. The fourth-order valence-electron chi connectivity index (χ4n) is 3.90. The van der Waals surface area contributed by atoms with E-state index in [2.05, 4.69) is 19.1 Å². The first-order valence-corrected chi connectivity index (χ1v) is 8.99. The van der Waals surface area contributed by atoms with E-state index >= 15 is 0 Å². The molecule has 3 rings (SSSR count). The van der Waals surface area contributed by atoms with Crippen molar-refractivity contribution in [3.05, 3.63) is 29.8 Å². The lowest BCUT2D eigenvalue weighted by Gasteiger charge is -2.37. The minimum Gasteiger partial charge on any atom is -0.342 e. The maximum atomic E-state index is 13.1. The second-order valence-corrected chi connectivity index (χ2v) is 8.21. The van der Waals surface area contributed by atoms with Gasteiger partial charge in [0.25, 0.3) is 0 Å². The number of rotatable bonds is 1. The third-order valence-electron chi connectivity index (χ3n) is 5.22. The van der Waals surface area contributed by atoms with Crippen LogP contribution in [0.5, 0.6) is 0 Å². The summed E-state index contributed by atoms with van der Waals surface area (Å²) in [6.45, 7) is 9.36. The molecule has 1 atom stereocenters. The van der Waals surface area contributed by atoms with Crippen molar-refractivity contribution in [2.75, 3.05) is 18.0 Å². The van der Waals surface area contributed by atoms with Crippen molar-refractivity contribution < 1.29 is 9.59 Å². The number of hydrogen-bond acceptors (Lipinski definition) is 2. The zero-order valence-electron chi connectivity index (χ0n) is 15.2. The Morgan fingerprint density at radius 1 is 1.08 bits per heavy atom. The molecular weight excluding hydrogens is 300 g/mol. The molecule has 2 amide bonds. The van der Waals surface area contributed by atoms with Crippen molar-refractivity contribution in [2.45, 2.75) is 53.0 Å². The van der Waals surface area contributed by atoms with Gasteiger partial charge in [-0.3, -0.25) is 9.59 Å². The van der Waals surface area contributed by atoms with Gasteiger partial charge in [-0.15, -0.1) is 0 Å². The summed E-state index contributed by atoms with van der Waals surface area (Å²) in [6, 6.07) is 8.43. The van der Waals surface area contributed by atoms with Crippen molar-refractivity contribution in [1.29, 1.82) is 0 Å². The van der Waals surface area contributed by atoms with Gasteiger partial charge in [0.15, 0.2) is 0 Å². The Hall–Kier alpha value is -1.84. The first-order valence-electron chi connectivity index (χ1n) is 8.99. The number of amides is 2. The predicted octanol–water partition coefficient (Wildman–Crippen LogP) is 3.25. The summed E-state index contributed by atoms with van der Waals surface area (Å²) in [5.74, 6) is 0.450. The Bertz CT molecular complexity index is 639. The smallest absolute Gasteiger partial charge is 0.230 e. The molecule has 1 aromatic rings. The Balaban J connectivity index is 1.67. The average Bonchev–Trinajstić information content (AvgIpc) is 2.88. The summed E-state index contributed by atoms with van der Waals surface area (Å²) in [5.41, 5.74) is 1.99. The summed E-state index contributed by atoms with van der Waals surface area (Å²) in [7, 11) is 0. The molecule has 1 aromatic carbocycles. The van der Waals surface area contributed by atoms with Gasteiger partial charge in [0.1, 0.15) is 0 Å². The lowest BCUT2D eigenvalue weighted by atomic mass is 9.90. The molecule has 1 fully saturated rings. The average molecular weight is 328 g/mol. The minimum absolute atomic E-state index is 0.0302. The third-order valence-corrected chi connectivity index (χ3v) is 5.22. The standard InChI is InChI=1S/C20H28N2O2/c1-14-13-16-7-5-6-8-17(16)22(14)18(23)15-9-11-21(12-10-15)19(24)20(2,3)4/h5-8,14-15H,9-13H2,1-4H3/t14-/m0/s1. The molecule has 0 unspecified atom stereocenters. The van der Waals surface area contributed by atoms with E-state index in [0.29, 0.717) is 13.1 Å². The van der Waals surface area contributed by atoms with Crippen LogP contribution in [0.25, 0.3) is 0 Å². The van der Waals surface area contributed by atoms with Crippen molar-refractivity contribution in [1.82, 2.24) is 4.90 Å². The fourth-order valence-corrected chi connectivity index (χ4v) is 3.90. The van der Waals surface area contributed by atoms with Gasteiger partial charge in [-0.25, -0.2) is 0 Å². The van der Waals surface area contributed by atoms with Crippen LogP contribution in [0.4, 0.5) is 5.69 Å². The quantitative estimate of drug-likeness (QED) is 0.794. The minimum atomic E-state index is -0.348. The van der Waals surface area contributed by atoms with Crippen LogP contribution in [0, 0.1) is 11.3 Å². The number of benzene rings is 1. The van der Waals surface area contributed by atoms with Gasteiger partial charge in [-0.1, -0.05) is 39.0 Å². The van der Waals surface area contributed by atoms with Gasteiger partial charge < -0.3 is 9.80 Å². The molecule has 24 heavy (non-hydrogen) atoms. The summed E-state index contributed by atoms with van der Waals surface area (Å²) in [5, 5.41) is 0. The van der Waals surface area contributed by atoms with E-state index in [1.807, 2.05) is 42.7 Å². The van der Waals surface area contributed by atoms with Gasteiger partial charge in [0.2, 0.25) is 11.8 Å². The molecule has 4 heteroatoms. The van der Waals surface area contributed by atoms with E-state index in [4.69, 9.17) is 0 Å². The molecule has 2 heterocycles. The largest absolute Gasteiger partial charge is 0.342 e. The molecule has 0 bridgehead atoms. The van der Waals surface area contributed by atoms with Gasteiger partial charge in [-0.2, -0.15) is 0 Å². The predicted molar refractivity (Wildman–Crippen MR) is 95.9 cm³/mol. The third kappa shape index (κ3) is 3.06. The number of likely N-dealkylation sites (tertiary alicyclic amines) is 1. The molecule has 0 aliphatic carbocycles. The van der Waals surface area contributed by atoms with E-state index in [9.17, 15) is 9.59 Å². The lowest BCUT2D eigenvalue weighted by Crippen LogP contribution is -2.48. The normalized spacial score (nSPS) is 21.8. The first-order chi connectivity index (χ1) is 11.3. The summed E-state index contributed by atoms with van der Waals surface area (Å²) >= 11 is 0. The van der Waals surface area contributed by atoms with Crippen LogP contribution in [0.1, 0.15) is 46.1 Å². The van der Waals surface area contributed by atoms with E-state index < -0.39 is 0 Å². The van der Waals surface area contributed by atoms with Crippen LogP contribution in [0.15, 0.2) is 24.3 Å². The summed E-state index contributed by atoms with van der Waals surface area (Å²) < 4.78 is 0. The Morgan fingerprint density at radius 3 is 2.33 bits per heavy atom. The van der Waals surface area contributed by atoms with Crippen molar-refractivity contribution >= 4 is 17.5 Å². The highest BCUT2D eigenvalue weighted by Crippen LogP contribution is 2.35. The molecule has 4 nitrogen and oxygen atoms in total. The van der Waals surface area contributed by atoms with Crippen LogP contribution in [-0.2, 0) is 16.0 Å². The Morgan fingerprint density at radius 2 is 1.71 bits per heavy atom. The van der Waals surface area contributed by atoms with E-state index in [-0.39, 0.29) is 29.2 Å². The number of carbonyl (C=O) groups is 2. The highest BCUT2D eigenvalue weighted by molar-refractivity contribution is 5.97. The first kappa shape index (κ1) is 17.0. The summed E-state index contributed by atoms with van der Waals surface area (Å²) in [6.07, 6.45) is 2.47. The molecular formula is C20H28N2O2. The van der Waals surface area contributed by atoms with Crippen LogP contribution in [-0.4, -0.2) is 35.8 Å². The number of nitrogens with zero attached hydrogens (tertiary/aromatic N) is 2. The molecule has 0 N–H and O–H groups in total. The number of carbonyl (C=O) groups excluding carboxylic acids is 2. The summed E-state index contributed by atoms with van der Waals surface area (Å²) in [4.78, 5) is 29.4. The molecule has 1 saturated heterocycles. The van der Waals surface area contributed by atoms with Crippen LogP contribution in [0.2, 0.25) is 0 Å². The SMILES string of the molecule is C[C@H]1Cc2ccccc2N1C(=O)C1CCN(C(=O)C(C)(C)C)CC1. The van der Waals surface area contributed by atoms with Gasteiger partial charge in [0.05, 0.1) is 0 Å². The second kappa shape index (κ2) is 6.23. The number of para-hydroxylation sites is 1. The van der Waals surface area contributed by atoms with Gasteiger partial charge in [-0.05, 0) is 37.8 Å². The molecule has 2 aliphatic rings. The van der Waals surface area contributed by atoms with Crippen molar-refractivity contribution in [3.63, 3.8) is 0 Å². The van der Waals surface area contributed by atoms with Crippen LogP contribution < -0.4 is 4.90 Å². The van der Waals surface area contributed by atoms with Gasteiger partial charge >= 0.3 is 0 Å². The molecule has 2 aliphatic heterocycles. The number of anilines is 1. The number of piperidine rings is 1. The number of fused-ring (bicyclic) bond motifs is 1. The van der Waals surface area contributed by atoms with E-state index in [0.717, 1.165) is 24.9 Å².